The van der Waals surface area contributed by atoms with Gasteiger partial charge in [-0.2, -0.15) is 0 Å². The number of allylic oxidation sites excluding steroid dienone is 1. The summed E-state index contributed by atoms with van der Waals surface area (Å²) in [4.78, 5) is 0. The second-order valence-electron chi connectivity index (χ2n) is 4.49. The summed E-state index contributed by atoms with van der Waals surface area (Å²) in [6, 6.07) is 10.5. The van der Waals surface area contributed by atoms with E-state index in [0.29, 0.717) is 0 Å². The van der Waals surface area contributed by atoms with Crippen molar-refractivity contribution in [1.29, 1.82) is 0 Å². The molecule has 16 heavy (non-hydrogen) atoms. The molecule has 0 saturated carbocycles. The maximum atomic E-state index is 4.16. The van der Waals surface area contributed by atoms with Crippen LogP contribution in [0.4, 0.5) is 0 Å². The summed E-state index contributed by atoms with van der Waals surface area (Å²) in [6.45, 7) is 6.42. The van der Waals surface area contributed by atoms with Gasteiger partial charge in [0, 0.05) is 0 Å². The van der Waals surface area contributed by atoms with Gasteiger partial charge in [-0.05, 0) is 24.0 Å². The van der Waals surface area contributed by atoms with E-state index in [1.807, 2.05) is 0 Å². The fourth-order valence-electron chi connectivity index (χ4n) is 1.94. The Kier molecular flexibility index (Phi) is 6.64. The first-order valence-corrected chi connectivity index (χ1v) is 6.57. The van der Waals surface area contributed by atoms with Gasteiger partial charge in [-0.15, -0.1) is 0 Å². The Balaban J connectivity index is 2.12. The molecule has 0 unspecified atom stereocenters. The fraction of sp³-hybridized carbons (Fsp3) is 0.500. The van der Waals surface area contributed by atoms with Gasteiger partial charge in [-0.3, -0.25) is 0 Å². The van der Waals surface area contributed by atoms with Crippen molar-refractivity contribution in [1.82, 2.24) is 0 Å². The highest BCUT2D eigenvalue weighted by Crippen LogP contribution is 2.19. The van der Waals surface area contributed by atoms with Crippen molar-refractivity contribution >= 4 is 5.57 Å². The molecule has 0 atom stereocenters. The minimum Gasteiger partial charge on any atom is -0.0952 e. The minimum absolute atomic E-state index is 1.15. The molecule has 0 aliphatic heterocycles. The van der Waals surface area contributed by atoms with Crippen LogP contribution in [-0.4, -0.2) is 0 Å². The van der Waals surface area contributed by atoms with Crippen molar-refractivity contribution in [3.8, 4) is 0 Å². The van der Waals surface area contributed by atoms with Gasteiger partial charge in [-0.25, -0.2) is 0 Å². The van der Waals surface area contributed by atoms with E-state index in [1.165, 1.54) is 49.7 Å². The molecule has 88 valence electrons. The Morgan fingerprint density at radius 3 is 2.25 bits per heavy atom. The van der Waals surface area contributed by atoms with Gasteiger partial charge < -0.3 is 0 Å². The van der Waals surface area contributed by atoms with Crippen LogP contribution in [0.5, 0.6) is 0 Å². The highest BCUT2D eigenvalue weighted by Gasteiger charge is 1.97. The van der Waals surface area contributed by atoms with Crippen LogP contribution in [0.2, 0.25) is 0 Å². The second kappa shape index (κ2) is 8.15. The van der Waals surface area contributed by atoms with Crippen LogP contribution in [0.15, 0.2) is 36.9 Å². The van der Waals surface area contributed by atoms with E-state index in [0.717, 1.165) is 6.42 Å². The lowest BCUT2D eigenvalue weighted by atomic mass is 10.0. The number of rotatable bonds is 8. The van der Waals surface area contributed by atoms with Gasteiger partial charge in [0.2, 0.25) is 0 Å². The molecule has 0 N–H and O–H groups in total. The van der Waals surface area contributed by atoms with Crippen molar-refractivity contribution in [2.45, 2.75) is 51.9 Å². The van der Waals surface area contributed by atoms with Gasteiger partial charge in [0.15, 0.2) is 0 Å². The Bertz CT molecular complexity index is 284. The van der Waals surface area contributed by atoms with Crippen molar-refractivity contribution in [2.24, 2.45) is 0 Å². The molecule has 1 aromatic carbocycles. The summed E-state index contributed by atoms with van der Waals surface area (Å²) in [5.41, 5.74) is 2.59. The lowest BCUT2D eigenvalue weighted by Gasteiger charge is -2.05. The molecule has 0 aromatic heterocycles. The molecule has 0 spiro atoms. The van der Waals surface area contributed by atoms with E-state index < -0.39 is 0 Å². The first kappa shape index (κ1) is 13.0. The monoisotopic (exact) mass is 216 g/mol. The maximum Gasteiger partial charge on any atom is -0.0230 e. The minimum atomic E-state index is 1.15. The van der Waals surface area contributed by atoms with Crippen molar-refractivity contribution in [3.05, 3.63) is 42.5 Å². The first-order valence-electron chi connectivity index (χ1n) is 6.57. The fourth-order valence-corrected chi connectivity index (χ4v) is 1.94. The molecule has 0 nitrogen and oxygen atoms in total. The Labute approximate surface area is 100 Å². The molecule has 0 saturated heterocycles. The third-order valence-electron chi connectivity index (χ3n) is 3.01. The quantitative estimate of drug-likeness (QED) is 0.507. The van der Waals surface area contributed by atoms with Gasteiger partial charge in [0.1, 0.15) is 0 Å². The van der Waals surface area contributed by atoms with Crippen LogP contribution in [-0.2, 0) is 0 Å². The summed E-state index contributed by atoms with van der Waals surface area (Å²) >= 11 is 0. The van der Waals surface area contributed by atoms with Crippen LogP contribution in [0.1, 0.15) is 57.4 Å². The SMILES string of the molecule is C=C(CCCCCCCC)c1ccccc1. The summed E-state index contributed by atoms with van der Waals surface area (Å²) in [5.74, 6) is 0. The molecule has 0 heterocycles. The Hall–Kier alpha value is -1.04. The van der Waals surface area contributed by atoms with Crippen LogP contribution >= 0.6 is 0 Å². The number of benzene rings is 1. The largest absolute Gasteiger partial charge is 0.0952 e. The average Bonchev–Trinajstić information content (AvgIpc) is 2.34. The van der Waals surface area contributed by atoms with E-state index >= 15 is 0 Å². The molecule has 0 bridgehead atoms. The molecular weight excluding hydrogens is 192 g/mol. The standard InChI is InChI=1S/C16H24/c1-3-4-5-6-7-9-12-15(2)16-13-10-8-11-14-16/h8,10-11,13-14H,2-7,9,12H2,1H3. The number of unbranched alkanes of at least 4 members (excludes halogenated alkanes) is 5. The van der Waals surface area contributed by atoms with E-state index in [4.69, 9.17) is 0 Å². The smallest absolute Gasteiger partial charge is 0.0230 e. The predicted molar refractivity (Wildman–Crippen MR) is 73.5 cm³/mol. The van der Waals surface area contributed by atoms with E-state index in [2.05, 4.69) is 43.8 Å². The molecule has 1 rings (SSSR count). The highest BCUT2D eigenvalue weighted by molar-refractivity contribution is 5.62. The second-order valence-corrected chi connectivity index (χ2v) is 4.49. The summed E-state index contributed by atoms with van der Waals surface area (Å²) in [5, 5.41) is 0. The molecule has 0 amide bonds. The summed E-state index contributed by atoms with van der Waals surface area (Å²) in [6.07, 6.45) is 9.29. The number of hydrogen-bond donors (Lipinski definition) is 0. The van der Waals surface area contributed by atoms with E-state index in [9.17, 15) is 0 Å². The molecule has 1 aromatic rings. The zero-order valence-corrected chi connectivity index (χ0v) is 10.5. The zero-order valence-electron chi connectivity index (χ0n) is 10.5. The third-order valence-corrected chi connectivity index (χ3v) is 3.01. The highest BCUT2D eigenvalue weighted by atomic mass is 14.0. The summed E-state index contributed by atoms with van der Waals surface area (Å²) < 4.78 is 0. The predicted octanol–water partition coefficient (Wildman–Crippen LogP) is 5.45. The maximum absolute atomic E-state index is 4.16. The lowest BCUT2D eigenvalue weighted by molar-refractivity contribution is 0.613. The number of hydrogen-bond acceptors (Lipinski definition) is 0. The van der Waals surface area contributed by atoms with E-state index in [-0.39, 0.29) is 0 Å². The molecular formula is C16H24. The first-order chi connectivity index (χ1) is 7.84. The Morgan fingerprint density at radius 1 is 0.938 bits per heavy atom. The average molecular weight is 216 g/mol. The van der Waals surface area contributed by atoms with Gasteiger partial charge >= 0.3 is 0 Å². The van der Waals surface area contributed by atoms with Crippen molar-refractivity contribution < 1.29 is 0 Å². The van der Waals surface area contributed by atoms with Crippen LogP contribution in [0.25, 0.3) is 5.57 Å². The van der Waals surface area contributed by atoms with Crippen LogP contribution in [0, 0.1) is 0 Å². The van der Waals surface area contributed by atoms with Gasteiger partial charge in [0.25, 0.3) is 0 Å². The van der Waals surface area contributed by atoms with Crippen LogP contribution in [0.3, 0.4) is 0 Å². The van der Waals surface area contributed by atoms with Crippen LogP contribution < -0.4 is 0 Å². The Morgan fingerprint density at radius 2 is 1.56 bits per heavy atom. The normalized spacial score (nSPS) is 10.3. The van der Waals surface area contributed by atoms with Crippen molar-refractivity contribution in [2.75, 3.05) is 0 Å². The van der Waals surface area contributed by atoms with Gasteiger partial charge in [-0.1, -0.05) is 75.9 Å². The molecule has 0 fully saturated rings. The zero-order chi connectivity index (χ0) is 11.6. The van der Waals surface area contributed by atoms with E-state index in [1.54, 1.807) is 0 Å². The van der Waals surface area contributed by atoms with Gasteiger partial charge in [0.05, 0.1) is 0 Å². The molecule has 0 aliphatic rings. The molecule has 0 heteroatoms. The third kappa shape index (κ3) is 5.16. The van der Waals surface area contributed by atoms with Crippen molar-refractivity contribution in [3.63, 3.8) is 0 Å². The summed E-state index contributed by atoms with van der Waals surface area (Å²) in [7, 11) is 0. The topological polar surface area (TPSA) is 0 Å². The lowest BCUT2D eigenvalue weighted by Crippen LogP contribution is -1.84. The molecule has 0 radical (unpaired) electrons. The molecule has 0 aliphatic carbocycles.